The third-order valence-corrected chi connectivity index (χ3v) is 1.89. The van der Waals surface area contributed by atoms with Crippen molar-refractivity contribution >= 4 is 17.8 Å². The van der Waals surface area contributed by atoms with Crippen molar-refractivity contribution in [2.24, 2.45) is 0 Å². The highest BCUT2D eigenvalue weighted by atomic mass is 16.5. The Morgan fingerprint density at radius 1 is 1.56 bits per heavy atom. The summed E-state index contributed by atoms with van der Waals surface area (Å²) in [4.78, 5) is 34.4. The number of nitrogens with one attached hydrogen (secondary N) is 1. The number of rotatable bonds is 2. The topological polar surface area (TPSA) is 99.5 Å². The molecule has 0 aromatic carbocycles. The number of nitrogens with zero attached hydrogens (tertiary/aromatic N) is 2. The van der Waals surface area contributed by atoms with Crippen LogP contribution < -0.4 is 5.32 Å². The Balaban J connectivity index is 3.12. The first-order chi connectivity index (χ1) is 7.52. The molecule has 1 aliphatic rings. The van der Waals surface area contributed by atoms with E-state index < -0.39 is 23.4 Å². The van der Waals surface area contributed by atoms with Crippen molar-refractivity contribution in [1.29, 1.82) is 5.26 Å². The normalized spacial score (nSPS) is 17.9. The smallest absolute Gasteiger partial charge is 0.352 e. The first kappa shape index (κ1) is 11.7. The van der Waals surface area contributed by atoms with Crippen LogP contribution in [-0.4, -0.2) is 36.3 Å². The van der Waals surface area contributed by atoms with Crippen molar-refractivity contribution in [3.05, 3.63) is 11.4 Å². The molecule has 0 saturated carbocycles. The van der Waals surface area contributed by atoms with Gasteiger partial charge < -0.3 is 10.1 Å². The number of carbonyl (C=O) groups excluding carboxylic acids is 3. The van der Waals surface area contributed by atoms with Crippen molar-refractivity contribution in [1.82, 2.24) is 10.2 Å². The predicted molar refractivity (Wildman–Crippen MR) is 50.2 cm³/mol. The zero-order valence-corrected chi connectivity index (χ0v) is 8.73. The molecule has 1 rings (SSSR count). The Bertz CT molecular complexity index is 433. The van der Waals surface area contributed by atoms with Gasteiger partial charge in [-0.3, -0.25) is 14.5 Å². The molecule has 0 atom stereocenters. The number of carbonyl (C=O) groups is 3. The monoisotopic (exact) mass is 223 g/mol. The van der Waals surface area contributed by atoms with Crippen LogP contribution in [0.2, 0.25) is 0 Å². The highest BCUT2D eigenvalue weighted by molar-refractivity contribution is 6.38. The van der Waals surface area contributed by atoms with Gasteiger partial charge in [0.1, 0.15) is 11.9 Å². The molecule has 1 saturated heterocycles. The van der Waals surface area contributed by atoms with Crippen LogP contribution in [0, 0.1) is 11.3 Å². The van der Waals surface area contributed by atoms with Crippen LogP contribution in [0.1, 0.15) is 6.92 Å². The second-order valence-corrected chi connectivity index (χ2v) is 2.87. The van der Waals surface area contributed by atoms with Crippen molar-refractivity contribution in [2.45, 2.75) is 6.92 Å². The molecule has 1 N–H and O–H groups in total. The Morgan fingerprint density at radius 3 is 2.56 bits per heavy atom. The largest absolute Gasteiger partial charge is 0.462 e. The maximum atomic E-state index is 11.3. The Labute approximate surface area is 91.3 Å². The molecule has 16 heavy (non-hydrogen) atoms. The molecular formula is C9H9N3O4. The van der Waals surface area contributed by atoms with E-state index in [4.69, 9.17) is 5.26 Å². The van der Waals surface area contributed by atoms with E-state index >= 15 is 0 Å². The fourth-order valence-electron chi connectivity index (χ4n) is 1.13. The Hall–Kier alpha value is -2.36. The second kappa shape index (κ2) is 4.44. The van der Waals surface area contributed by atoms with Crippen molar-refractivity contribution in [2.75, 3.05) is 13.7 Å². The summed E-state index contributed by atoms with van der Waals surface area (Å²) in [5.41, 5.74) is -0.399. The summed E-state index contributed by atoms with van der Waals surface area (Å²) >= 11 is 0. The predicted octanol–water partition coefficient (Wildman–Crippen LogP) is -1.13. The van der Waals surface area contributed by atoms with E-state index in [2.05, 4.69) is 10.1 Å². The van der Waals surface area contributed by atoms with Gasteiger partial charge in [-0.15, -0.1) is 0 Å². The Morgan fingerprint density at radius 2 is 2.19 bits per heavy atom. The Kier molecular flexibility index (Phi) is 3.25. The molecule has 7 nitrogen and oxygen atoms in total. The lowest BCUT2D eigenvalue weighted by atomic mass is 10.3. The quantitative estimate of drug-likeness (QED) is 0.276. The van der Waals surface area contributed by atoms with E-state index in [0.717, 1.165) is 4.90 Å². The minimum Gasteiger partial charge on any atom is -0.462 e. The SMILES string of the molecule is CCOC(=O)/C(C#N)=C1/NC(=O)C(=O)N1C. The first-order valence-corrected chi connectivity index (χ1v) is 4.43. The van der Waals surface area contributed by atoms with E-state index in [1.54, 1.807) is 13.0 Å². The lowest BCUT2D eigenvalue weighted by Crippen LogP contribution is -2.23. The van der Waals surface area contributed by atoms with E-state index in [1.807, 2.05) is 0 Å². The highest BCUT2D eigenvalue weighted by Gasteiger charge is 2.35. The summed E-state index contributed by atoms with van der Waals surface area (Å²) < 4.78 is 4.62. The van der Waals surface area contributed by atoms with Crippen molar-refractivity contribution in [3.8, 4) is 6.07 Å². The van der Waals surface area contributed by atoms with E-state index in [1.165, 1.54) is 7.05 Å². The number of nitriles is 1. The van der Waals surface area contributed by atoms with Gasteiger partial charge in [0, 0.05) is 7.05 Å². The summed E-state index contributed by atoms with van der Waals surface area (Å²) in [6.45, 7) is 1.68. The van der Waals surface area contributed by atoms with Gasteiger partial charge >= 0.3 is 17.8 Å². The van der Waals surface area contributed by atoms with Gasteiger partial charge in [-0.05, 0) is 6.92 Å². The minimum atomic E-state index is -0.880. The zero-order valence-electron chi connectivity index (χ0n) is 8.73. The van der Waals surface area contributed by atoms with Gasteiger partial charge in [0.2, 0.25) is 0 Å². The van der Waals surface area contributed by atoms with Gasteiger partial charge in [0.05, 0.1) is 6.61 Å². The summed E-state index contributed by atoms with van der Waals surface area (Å²) in [5, 5.41) is 10.9. The number of hydrogen-bond donors (Lipinski definition) is 1. The third-order valence-electron chi connectivity index (χ3n) is 1.89. The van der Waals surface area contributed by atoms with Gasteiger partial charge in [0.25, 0.3) is 0 Å². The molecule has 0 aliphatic carbocycles. The first-order valence-electron chi connectivity index (χ1n) is 4.43. The summed E-state index contributed by atoms with van der Waals surface area (Å²) in [5.74, 6) is -2.72. The fraction of sp³-hybridized carbons (Fsp3) is 0.333. The standard InChI is InChI=1S/C9H9N3O4/c1-3-16-9(15)5(4-10)6-11-7(13)8(14)12(6)2/h3H2,1-2H3,(H,11,13)/b6-5-. The van der Waals surface area contributed by atoms with Gasteiger partial charge in [-0.25, -0.2) is 4.79 Å². The maximum Gasteiger partial charge on any atom is 0.352 e. The van der Waals surface area contributed by atoms with Crippen LogP contribution in [-0.2, 0) is 19.1 Å². The fourth-order valence-corrected chi connectivity index (χ4v) is 1.13. The molecule has 2 amide bonds. The number of esters is 1. The molecule has 1 heterocycles. The van der Waals surface area contributed by atoms with Crippen LogP contribution in [0.25, 0.3) is 0 Å². The van der Waals surface area contributed by atoms with E-state index in [-0.39, 0.29) is 12.4 Å². The minimum absolute atomic E-state index is 0.100. The molecule has 1 fully saturated rings. The van der Waals surface area contributed by atoms with Gasteiger partial charge in [-0.2, -0.15) is 5.26 Å². The van der Waals surface area contributed by atoms with Crippen molar-refractivity contribution in [3.63, 3.8) is 0 Å². The molecule has 0 aromatic heterocycles. The highest BCUT2D eigenvalue weighted by Crippen LogP contribution is 2.13. The van der Waals surface area contributed by atoms with Crippen molar-refractivity contribution < 1.29 is 19.1 Å². The summed E-state index contributed by atoms with van der Waals surface area (Å²) in [6, 6.07) is 1.60. The van der Waals surface area contributed by atoms with E-state index in [9.17, 15) is 14.4 Å². The average molecular weight is 223 g/mol. The molecule has 7 heteroatoms. The molecular weight excluding hydrogens is 214 g/mol. The molecule has 1 aliphatic heterocycles. The van der Waals surface area contributed by atoms with Crippen LogP contribution in [0.5, 0.6) is 0 Å². The molecule has 0 radical (unpaired) electrons. The van der Waals surface area contributed by atoms with Crippen LogP contribution in [0.3, 0.4) is 0 Å². The second-order valence-electron chi connectivity index (χ2n) is 2.87. The number of amides is 2. The van der Waals surface area contributed by atoms with E-state index in [0.29, 0.717) is 0 Å². The summed E-state index contributed by atoms with van der Waals surface area (Å²) in [6.07, 6.45) is 0. The van der Waals surface area contributed by atoms with Crippen LogP contribution >= 0.6 is 0 Å². The zero-order chi connectivity index (χ0) is 12.3. The number of hydrogen-bond acceptors (Lipinski definition) is 5. The van der Waals surface area contributed by atoms with Gasteiger partial charge in [0.15, 0.2) is 5.57 Å². The van der Waals surface area contributed by atoms with Crippen LogP contribution in [0.15, 0.2) is 11.4 Å². The lowest BCUT2D eigenvalue weighted by Gasteiger charge is -2.09. The summed E-state index contributed by atoms with van der Waals surface area (Å²) in [7, 11) is 1.28. The third kappa shape index (κ3) is 1.86. The van der Waals surface area contributed by atoms with Gasteiger partial charge in [-0.1, -0.05) is 0 Å². The molecule has 0 aromatic rings. The van der Waals surface area contributed by atoms with Crippen LogP contribution in [0.4, 0.5) is 0 Å². The molecule has 0 bridgehead atoms. The average Bonchev–Trinajstić information content (AvgIpc) is 2.48. The maximum absolute atomic E-state index is 11.3. The molecule has 0 unspecified atom stereocenters. The molecule has 0 spiro atoms. The number of ether oxygens (including phenoxy) is 1. The lowest BCUT2D eigenvalue weighted by molar-refractivity contribution is -0.139. The number of likely N-dealkylation sites (N-methyl/N-ethyl adjacent to an activating group) is 1. The molecule has 84 valence electrons.